The van der Waals surface area contributed by atoms with Gasteiger partial charge in [0.15, 0.2) is 0 Å². The highest BCUT2D eigenvalue weighted by atomic mass is 16.3. The van der Waals surface area contributed by atoms with E-state index >= 15 is 0 Å². The predicted molar refractivity (Wildman–Crippen MR) is 74.3 cm³/mol. The molecule has 0 aromatic carbocycles. The van der Waals surface area contributed by atoms with Gasteiger partial charge >= 0.3 is 0 Å². The summed E-state index contributed by atoms with van der Waals surface area (Å²) in [6.45, 7) is 10.7. The molecule has 104 valence electrons. The van der Waals surface area contributed by atoms with Gasteiger partial charge in [-0.05, 0) is 18.3 Å². The molecule has 4 nitrogen and oxygen atoms in total. The first-order valence-corrected chi connectivity index (χ1v) is 6.83. The SMILES string of the molecule is CCCn1cc(CNC(CCO)C(C)(C)C)cn1. The Balaban J connectivity index is 2.50. The minimum Gasteiger partial charge on any atom is -0.396 e. The van der Waals surface area contributed by atoms with Crippen molar-refractivity contribution in [2.45, 2.75) is 59.7 Å². The summed E-state index contributed by atoms with van der Waals surface area (Å²) in [5.74, 6) is 0. The second kappa shape index (κ2) is 6.90. The summed E-state index contributed by atoms with van der Waals surface area (Å²) in [4.78, 5) is 0. The first-order chi connectivity index (χ1) is 8.47. The standard InChI is InChI=1S/C14H27N3O/c1-5-7-17-11-12(10-16-17)9-15-13(6-8-18)14(2,3)4/h10-11,13,15,18H,5-9H2,1-4H3. The third-order valence-electron chi connectivity index (χ3n) is 3.16. The van der Waals surface area contributed by atoms with Crippen molar-refractivity contribution in [3.63, 3.8) is 0 Å². The van der Waals surface area contributed by atoms with Crippen molar-refractivity contribution < 1.29 is 5.11 Å². The molecule has 1 rings (SSSR count). The van der Waals surface area contributed by atoms with E-state index in [1.54, 1.807) is 0 Å². The number of hydrogen-bond donors (Lipinski definition) is 2. The molecule has 2 N–H and O–H groups in total. The highest BCUT2D eigenvalue weighted by Gasteiger charge is 2.23. The molecule has 0 aliphatic heterocycles. The van der Waals surface area contributed by atoms with Crippen LogP contribution in [0.15, 0.2) is 12.4 Å². The van der Waals surface area contributed by atoms with Gasteiger partial charge in [-0.25, -0.2) is 0 Å². The zero-order chi connectivity index (χ0) is 13.6. The minimum atomic E-state index is 0.155. The zero-order valence-electron chi connectivity index (χ0n) is 12.1. The molecule has 1 atom stereocenters. The van der Waals surface area contributed by atoms with Gasteiger partial charge in [0.2, 0.25) is 0 Å². The van der Waals surface area contributed by atoms with E-state index in [4.69, 9.17) is 5.11 Å². The van der Waals surface area contributed by atoms with Crippen LogP contribution in [-0.2, 0) is 13.1 Å². The van der Waals surface area contributed by atoms with Gasteiger partial charge in [0.05, 0.1) is 6.20 Å². The second-order valence-electron chi connectivity index (χ2n) is 5.92. The third-order valence-corrected chi connectivity index (χ3v) is 3.16. The summed E-state index contributed by atoms with van der Waals surface area (Å²) in [6.07, 6.45) is 5.90. The molecule has 0 bridgehead atoms. The molecule has 1 heterocycles. The van der Waals surface area contributed by atoms with Crippen LogP contribution in [0.1, 0.15) is 46.1 Å². The van der Waals surface area contributed by atoms with Crippen molar-refractivity contribution in [3.8, 4) is 0 Å². The van der Waals surface area contributed by atoms with Crippen molar-refractivity contribution in [2.75, 3.05) is 6.61 Å². The summed E-state index contributed by atoms with van der Waals surface area (Å²) in [7, 11) is 0. The Morgan fingerprint density at radius 2 is 2.17 bits per heavy atom. The zero-order valence-corrected chi connectivity index (χ0v) is 12.1. The maximum atomic E-state index is 9.11. The van der Waals surface area contributed by atoms with E-state index in [1.165, 1.54) is 5.56 Å². The van der Waals surface area contributed by atoms with Crippen molar-refractivity contribution in [3.05, 3.63) is 18.0 Å². The van der Waals surface area contributed by atoms with Crippen molar-refractivity contribution in [1.29, 1.82) is 0 Å². The molecule has 4 heteroatoms. The summed E-state index contributed by atoms with van der Waals surface area (Å²) >= 11 is 0. The number of nitrogens with zero attached hydrogens (tertiary/aromatic N) is 2. The van der Waals surface area contributed by atoms with E-state index in [9.17, 15) is 0 Å². The van der Waals surface area contributed by atoms with E-state index in [-0.39, 0.29) is 12.0 Å². The Morgan fingerprint density at radius 3 is 2.72 bits per heavy atom. The number of hydrogen-bond acceptors (Lipinski definition) is 3. The Bertz CT molecular complexity index is 341. The molecule has 0 spiro atoms. The van der Waals surface area contributed by atoms with Crippen LogP contribution >= 0.6 is 0 Å². The Kier molecular flexibility index (Phi) is 5.82. The Morgan fingerprint density at radius 1 is 1.44 bits per heavy atom. The second-order valence-corrected chi connectivity index (χ2v) is 5.92. The van der Waals surface area contributed by atoms with Gasteiger partial charge in [0.25, 0.3) is 0 Å². The molecule has 0 aliphatic carbocycles. The van der Waals surface area contributed by atoms with Gasteiger partial charge in [0, 0.05) is 37.5 Å². The summed E-state index contributed by atoms with van der Waals surface area (Å²) in [5, 5.41) is 17.0. The molecule has 0 aliphatic rings. The van der Waals surface area contributed by atoms with E-state index in [1.807, 2.05) is 10.9 Å². The molecular formula is C14H27N3O. The monoisotopic (exact) mass is 253 g/mol. The minimum absolute atomic E-state index is 0.155. The van der Waals surface area contributed by atoms with E-state index in [0.717, 1.165) is 25.9 Å². The highest BCUT2D eigenvalue weighted by Crippen LogP contribution is 2.21. The van der Waals surface area contributed by atoms with Gasteiger partial charge in [-0.2, -0.15) is 5.10 Å². The summed E-state index contributed by atoms with van der Waals surface area (Å²) < 4.78 is 1.98. The summed E-state index contributed by atoms with van der Waals surface area (Å²) in [6, 6.07) is 0.317. The van der Waals surface area contributed by atoms with Crippen LogP contribution in [0, 0.1) is 5.41 Å². The molecule has 0 fully saturated rings. The fourth-order valence-corrected chi connectivity index (χ4v) is 2.06. The van der Waals surface area contributed by atoms with E-state index in [2.05, 4.69) is 44.3 Å². The van der Waals surface area contributed by atoms with Gasteiger partial charge in [-0.1, -0.05) is 27.7 Å². The van der Waals surface area contributed by atoms with Crippen LogP contribution in [0.3, 0.4) is 0 Å². The number of aryl methyl sites for hydroxylation is 1. The molecule has 1 aromatic heterocycles. The fraction of sp³-hybridized carbons (Fsp3) is 0.786. The largest absolute Gasteiger partial charge is 0.396 e. The normalized spacial score (nSPS) is 13.8. The van der Waals surface area contributed by atoms with Crippen LogP contribution in [0.2, 0.25) is 0 Å². The summed E-state index contributed by atoms with van der Waals surface area (Å²) in [5.41, 5.74) is 1.36. The molecule has 0 saturated carbocycles. The topological polar surface area (TPSA) is 50.1 Å². The molecule has 0 amide bonds. The number of rotatable bonds is 7. The van der Waals surface area contributed by atoms with E-state index in [0.29, 0.717) is 6.04 Å². The lowest BCUT2D eigenvalue weighted by Gasteiger charge is -2.31. The van der Waals surface area contributed by atoms with Gasteiger partial charge in [-0.3, -0.25) is 4.68 Å². The lowest BCUT2D eigenvalue weighted by Crippen LogP contribution is -2.40. The lowest BCUT2D eigenvalue weighted by atomic mass is 9.85. The number of aliphatic hydroxyl groups is 1. The molecule has 18 heavy (non-hydrogen) atoms. The molecule has 1 aromatic rings. The average molecular weight is 253 g/mol. The predicted octanol–water partition coefficient (Wildman–Crippen LogP) is 2.18. The van der Waals surface area contributed by atoms with Crippen LogP contribution in [0.5, 0.6) is 0 Å². The van der Waals surface area contributed by atoms with Gasteiger partial charge < -0.3 is 10.4 Å². The maximum absolute atomic E-state index is 9.11. The number of nitrogens with one attached hydrogen (secondary N) is 1. The maximum Gasteiger partial charge on any atom is 0.0534 e. The highest BCUT2D eigenvalue weighted by molar-refractivity contribution is 5.04. The van der Waals surface area contributed by atoms with Crippen molar-refractivity contribution in [1.82, 2.24) is 15.1 Å². The number of aliphatic hydroxyl groups excluding tert-OH is 1. The van der Waals surface area contributed by atoms with Gasteiger partial charge in [0.1, 0.15) is 0 Å². The smallest absolute Gasteiger partial charge is 0.0534 e. The fourth-order valence-electron chi connectivity index (χ4n) is 2.06. The van der Waals surface area contributed by atoms with Crippen LogP contribution in [-0.4, -0.2) is 27.5 Å². The first-order valence-electron chi connectivity index (χ1n) is 6.83. The molecule has 1 unspecified atom stereocenters. The quantitative estimate of drug-likeness (QED) is 0.783. The van der Waals surface area contributed by atoms with Crippen LogP contribution in [0.25, 0.3) is 0 Å². The van der Waals surface area contributed by atoms with Gasteiger partial charge in [-0.15, -0.1) is 0 Å². The van der Waals surface area contributed by atoms with Crippen LogP contribution < -0.4 is 5.32 Å². The lowest BCUT2D eigenvalue weighted by molar-refractivity contribution is 0.196. The van der Waals surface area contributed by atoms with Crippen molar-refractivity contribution in [2.24, 2.45) is 5.41 Å². The Hall–Kier alpha value is -0.870. The molecule has 0 saturated heterocycles. The molecule has 0 radical (unpaired) electrons. The average Bonchev–Trinajstić information content (AvgIpc) is 2.71. The van der Waals surface area contributed by atoms with E-state index < -0.39 is 0 Å². The van der Waals surface area contributed by atoms with Crippen LogP contribution in [0.4, 0.5) is 0 Å². The Labute approximate surface area is 110 Å². The van der Waals surface area contributed by atoms with Crippen molar-refractivity contribution >= 4 is 0 Å². The molecular weight excluding hydrogens is 226 g/mol. The first kappa shape index (κ1) is 15.2. The number of aromatic nitrogens is 2. The third kappa shape index (κ3) is 4.78.